The summed E-state index contributed by atoms with van der Waals surface area (Å²) in [6.07, 6.45) is -12.9. The molecule has 0 aromatic heterocycles. The summed E-state index contributed by atoms with van der Waals surface area (Å²) in [7, 11) is 0. The Hall–Kier alpha value is -0.970. The molecule has 0 saturated carbocycles. The summed E-state index contributed by atoms with van der Waals surface area (Å²) < 4.78 is 27.2. The average Bonchev–Trinajstić information content (AvgIpc) is 3.54. The molecule has 0 bridgehead atoms. The number of ether oxygens (including phenoxy) is 5. The van der Waals surface area contributed by atoms with Crippen LogP contribution in [0.1, 0.15) is 6.92 Å². The topological polar surface area (TPSA) is 200 Å². The van der Waals surface area contributed by atoms with Crippen LogP contribution in [-0.4, -0.2) is 130 Å². The summed E-state index contributed by atoms with van der Waals surface area (Å²) >= 11 is 0. The Labute approximate surface area is 172 Å². The molecule has 3 saturated heterocycles. The fraction of sp³-hybridized carbons (Fsp3) is 0.941. The molecule has 1 amide bonds. The summed E-state index contributed by atoms with van der Waals surface area (Å²) in [6.45, 7) is 0.646. The summed E-state index contributed by atoms with van der Waals surface area (Å²) in [6, 6.07) is -1.08. The molecule has 0 spiro atoms. The molecule has 0 radical (unpaired) electrons. The molecule has 0 aromatic rings. The van der Waals surface area contributed by atoms with Crippen LogP contribution in [0.2, 0.25) is 0 Å². The third-order valence-electron chi connectivity index (χ3n) is 5.21. The highest BCUT2D eigenvalue weighted by Gasteiger charge is 2.51. The Kier molecular flexibility index (Phi) is 7.97. The first kappa shape index (κ1) is 23.7. The predicted molar refractivity (Wildman–Crippen MR) is 93.7 cm³/mol. The number of nitrogens with one attached hydrogen (secondary N) is 1. The number of amides is 1. The maximum Gasteiger partial charge on any atom is 0.217 e. The molecular formula is C17H29NO12. The number of aliphatic hydroxyl groups excluding tert-OH is 6. The lowest BCUT2D eigenvalue weighted by Crippen LogP contribution is -2.67. The van der Waals surface area contributed by atoms with Gasteiger partial charge in [-0.15, -0.1) is 0 Å². The van der Waals surface area contributed by atoms with Gasteiger partial charge in [-0.25, -0.2) is 0 Å². The Morgan fingerprint density at radius 2 is 1.60 bits per heavy atom. The zero-order valence-corrected chi connectivity index (χ0v) is 16.3. The normalized spacial score (nSPS) is 46.4. The molecule has 174 valence electrons. The zero-order valence-electron chi connectivity index (χ0n) is 16.3. The molecule has 3 aliphatic rings. The molecule has 1 unspecified atom stereocenters. The number of carbonyl (C=O) groups excluding carboxylic acids is 1. The Bertz CT molecular complexity index is 575. The first-order valence-corrected chi connectivity index (χ1v) is 9.67. The van der Waals surface area contributed by atoms with Crippen LogP contribution in [-0.2, 0) is 28.5 Å². The van der Waals surface area contributed by atoms with Crippen molar-refractivity contribution in [3.8, 4) is 0 Å². The number of epoxide rings is 1. The van der Waals surface area contributed by atoms with Crippen LogP contribution in [0.15, 0.2) is 0 Å². The lowest BCUT2D eigenvalue weighted by molar-refractivity contribution is -0.348. The van der Waals surface area contributed by atoms with Crippen molar-refractivity contribution in [3.63, 3.8) is 0 Å². The second-order valence-corrected chi connectivity index (χ2v) is 7.53. The Morgan fingerprint density at radius 3 is 2.17 bits per heavy atom. The van der Waals surface area contributed by atoms with E-state index in [4.69, 9.17) is 23.7 Å². The van der Waals surface area contributed by atoms with Crippen molar-refractivity contribution in [1.29, 1.82) is 0 Å². The van der Waals surface area contributed by atoms with E-state index in [1.54, 1.807) is 0 Å². The highest BCUT2D eigenvalue weighted by atomic mass is 16.7. The van der Waals surface area contributed by atoms with Gasteiger partial charge in [0.25, 0.3) is 0 Å². The van der Waals surface area contributed by atoms with Crippen LogP contribution < -0.4 is 5.32 Å². The molecule has 13 nitrogen and oxygen atoms in total. The van der Waals surface area contributed by atoms with Gasteiger partial charge in [0.15, 0.2) is 12.6 Å². The van der Waals surface area contributed by atoms with Gasteiger partial charge in [-0.2, -0.15) is 0 Å². The molecule has 0 aliphatic carbocycles. The van der Waals surface area contributed by atoms with Crippen molar-refractivity contribution in [3.05, 3.63) is 0 Å². The number of hydrogen-bond donors (Lipinski definition) is 7. The van der Waals surface area contributed by atoms with Gasteiger partial charge in [-0.05, 0) is 0 Å². The molecule has 7 N–H and O–H groups in total. The monoisotopic (exact) mass is 439 g/mol. The summed E-state index contributed by atoms with van der Waals surface area (Å²) in [5.74, 6) is -0.479. The highest BCUT2D eigenvalue weighted by molar-refractivity contribution is 5.73. The van der Waals surface area contributed by atoms with Crippen LogP contribution in [0.4, 0.5) is 0 Å². The number of aliphatic hydroxyl groups is 6. The summed E-state index contributed by atoms with van der Waals surface area (Å²) in [4.78, 5) is 11.6. The van der Waals surface area contributed by atoms with E-state index >= 15 is 0 Å². The lowest BCUT2D eigenvalue weighted by Gasteiger charge is -2.47. The predicted octanol–water partition coefficient (Wildman–Crippen LogP) is -4.83. The van der Waals surface area contributed by atoms with Crippen molar-refractivity contribution in [2.45, 2.75) is 74.4 Å². The minimum absolute atomic E-state index is 0.112. The van der Waals surface area contributed by atoms with Crippen LogP contribution >= 0.6 is 0 Å². The fourth-order valence-corrected chi connectivity index (χ4v) is 3.47. The molecule has 3 fully saturated rings. The summed E-state index contributed by atoms with van der Waals surface area (Å²) in [5.41, 5.74) is 0. The van der Waals surface area contributed by atoms with E-state index in [0.29, 0.717) is 6.61 Å². The van der Waals surface area contributed by atoms with Gasteiger partial charge in [0.1, 0.15) is 54.9 Å². The molecule has 30 heavy (non-hydrogen) atoms. The molecule has 0 aromatic carbocycles. The van der Waals surface area contributed by atoms with Gasteiger partial charge in [0.05, 0.1) is 26.4 Å². The minimum atomic E-state index is -1.71. The second kappa shape index (κ2) is 10.1. The highest BCUT2D eigenvalue weighted by Crippen LogP contribution is 2.30. The van der Waals surface area contributed by atoms with E-state index in [2.05, 4.69) is 5.32 Å². The number of rotatable bonds is 8. The molecular weight excluding hydrogens is 410 g/mol. The van der Waals surface area contributed by atoms with Gasteiger partial charge in [-0.1, -0.05) is 0 Å². The average molecular weight is 439 g/mol. The Morgan fingerprint density at radius 1 is 0.967 bits per heavy atom. The fourth-order valence-electron chi connectivity index (χ4n) is 3.47. The van der Waals surface area contributed by atoms with Crippen LogP contribution in [0.3, 0.4) is 0 Å². The van der Waals surface area contributed by atoms with Crippen LogP contribution in [0.5, 0.6) is 0 Å². The smallest absolute Gasteiger partial charge is 0.217 e. The van der Waals surface area contributed by atoms with Crippen molar-refractivity contribution in [2.24, 2.45) is 0 Å². The summed E-state index contributed by atoms with van der Waals surface area (Å²) in [5, 5.41) is 62.4. The number of hydrogen-bond acceptors (Lipinski definition) is 12. The first-order valence-electron chi connectivity index (χ1n) is 9.67. The van der Waals surface area contributed by atoms with Gasteiger partial charge in [0.2, 0.25) is 5.91 Å². The van der Waals surface area contributed by atoms with Crippen LogP contribution in [0, 0.1) is 0 Å². The Balaban J connectivity index is 1.74. The molecule has 3 rings (SSSR count). The van der Waals surface area contributed by atoms with E-state index in [0.717, 1.165) is 0 Å². The number of carbonyl (C=O) groups is 1. The van der Waals surface area contributed by atoms with Gasteiger partial charge < -0.3 is 59.6 Å². The van der Waals surface area contributed by atoms with Gasteiger partial charge in [-0.3, -0.25) is 4.79 Å². The van der Waals surface area contributed by atoms with E-state index in [1.807, 2.05) is 0 Å². The van der Waals surface area contributed by atoms with Crippen LogP contribution in [0.25, 0.3) is 0 Å². The van der Waals surface area contributed by atoms with E-state index in [9.17, 15) is 35.4 Å². The lowest BCUT2D eigenvalue weighted by atomic mass is 9.95. The largest absolute Gasteiger partial charge is 0.394 e. The standard InChI is InChI=1S/C17H29NO12/c1-6(21)18-10-12(23)15(9(3-20)29-16(10)27-5-7-4-26-7)30-17-14(25)13(24)11(22)8(2-19)28-17/h7-17,19-20,22-25H,2-5H2,1H3,(H,18,21)/t7?,8-,9-,10-,11+,12-,13+,14-,15-,16-,17+/m1/s1. The van der Waals surface area contributed by atoms with E-state index in [1.165, 1.54) is 6.92 Å². The SMILES string of the molecule is CC(=O)N[C@H]1[C@H](OCC2CO2)O[C@H](CO)[C@@H](O[C@@H]2O[C@H](CO)[C@H](O)[C@H](O)[C@H]2O)[C@@H]1O. The third-order valence-corrected chi connectivity index (χ3v) is 5.21. The van der Waals surface area contributed by atoms with Crippen molar-refractivity contribution in [1.82, 2.24) is 5.32 Å². The van der Waals surface area contributed by atoms with Gasteiger partial charge in [0, 0.05) is 6.92 Å². The molecule has 3 heterocycles. The van der Waals surface area contributed by atoms with Crippen molar-refractivity contribution >= 4 is 5.91 Å². The van der Waals surface area contributed by atoms with Crippen molar-refractivity contribution in [2.75, 3.05) is 26.4 Å². The van der Waals surface area contributed by atoms with E-state index in [-0.39, 0.29) is 12.7 Å². The maximum atomic E-state index is 11.6. The second-order valence-electron chi connectivity index (χ2n) is 7.53. The first-order chi connectivity index (χ1) is 14.3. The maximum absolute atomic E-state index is 11.6. The minimum Gasteiger partial charge on any atom is -0.394 e. The van der Waals surface area contributed by atoms with E-state index < -0.39 is 80.5 Å². The zero-order chi connectivity index (χ0) is 22.0. The molecule has 11 atom stereocenters. The van der Waals surface area contributed by atoms with Crippen molar-refractivity contribution < 1.29 is 59.1 Å². The molecule has 13 heteroatoms. The quantitative estimate of drug-likeness (QED) is 0.178. The third kappa shape index (κ3) is 5.26. The molecule has 3 aliphatic heterocycles. The van der Waals surface area contributed by atoms with Gasteiger partial charge >= 0.3 is 0 Å².